The molecular weight excluding hydrogens is 174 g/mol. The van der Waals surface area contributed by atoms with Gasteiger partial charge in [-0.05, 0) is 31.4 Å². The Labute approximate surface area is 75.0 Å². The van der Waals surface area contributed by atoms with Crippen molar-refractivity contribution in [2.24, 2.45) is 0 Å². The van der Waals surface area contributed by atoms with Gasteiger partial charge in [0.2, 0.25) is 0 Å². The Morgan fingerprint density at radius 1 is 1.23 bits per heavy atom. The average molecular weight is 184 g/mol. The van der Waals surface area contributed by atoms with Crippen molar-refractivity contribution in [2.75, 3.05) is 0 Å². The summed E-state index contributed by atoms with van der Waals surface area (Å²) in [6.07, 6.45) is 1.13. The Balaban J connectivity index is 2.52. The Kier molecular flexibility index (Phi) is 1.67. The topological polar surface area (TPSA) is 20.2 Å². The van der Waals surface area contributed by atoms with Crippen molar-refractivity contribution in [3.63, 3.8) is 0 Å². The third-order valence-corrected chi connectivity index (χ3v) is 2.47. The van der Waals surface area contributed by atoms with Crippen molar-refractivity contribution in [2.45, 2.75) is 25.4 Å². The standard InChI is InChI=1S/C10H10F2O/c1-6-4-7(10(13)2-3-10)9(12)5-8(6)11/h4-5,13H,2-3H2,1H3. The monoisotopic (exact) mass is 184 g/mol. The molecule has 0 aromatic heterocycles. The lowest BCUT2D eigenvalue weighted by molar-refractivity contribution is 0.146. The second kappa shape index (κ2) is 2.51. The van der Waals surface area contributed by atoms with Crippen LogP contribution in [-0.4, -0.2) is 5.11 Å². The van der Waals surface area contributed by atoms with E-state index in [1.807, 2.05) is 0 Å². The van der Waals surface area contributed by atoms with E-state index < -0.39 is 17.2 Å². The van der Waals surface area contributed by atoms with Gasteiger partial charge in [-0.15, -0.1) is 0 Å². The van der Waals surface area contributed by atoms with Crippen LogP contribution in [0.5, 0.6) is 0 Å². The van der Waals surface area contributed by atoms with Crippen LogP contribution in [0.15, 0.2) is 12.1 Å². The van der Waals surface area contributed by atoms with Gasteiger partial charge in [-0.1, -0.05) is 0 Å². The molecule has 1 fully saturated rings. The molecule has 0 amide bonds. The summed E-state index contributed by atoms with van der Waals surface area (Å²) in [6, 6.07) is 2.22. The molecule has 0 unspecified atom stereocenters. The number of hydrogen-bond acceptors (Lipinski definition) is 1. The van der Waals surface area contributed by atoms with E-state index >= 15 is 0 Å². The lowest BCUT2D eigenvalue weighted by atomic mass is 10.0. The Bertz CT molecular complexity index is 356. The highest BCUT2D eigenvalue weighted by Crippen LogP contribution is 2.46. The maximum absolute atomic E-state index is 13.2. The zero-order valence-electron chi connectivity index (χ0n) is 7.27. The number of rotatable bonds is 1. The van der Waals surface area contributed by atoms with Gasteiger partial charge in [-0.3, -0.25) is 0 Å². The summed E-state index contributed by atoms with van der Waals surface area (Å²) in [7, 11) is 0. The normalized spacial score (nSPS) is 18.8. The van der Waals surface area contributed by atoms with Gasteiger partial charge in [0.25, 0.3) is 0 Å². The molecule has 0 radical (unpaired) electrons. The molecule has 0 aliphatic heterocycles. The summed E-state index contributed by atoms with van der Waals surface area (Å²) in [5.41, 5.74) is -0.425. The molecule has 3 heteroatoms. The smallest absolute Gasteiger partial charge is 0.132 e. The highest BCUT2D eigenvalue weighted by atomic mass is 19.1. The summed E-state index contributed by atoms with van der Waals surface area (Å²) in [5.74, 6) is -1.21. The van der Waals surface area contributed by atoms with E-state index in [4.69, 9.17) is 0 Å². The van der Waals surface area contributed by atoms with Crippen molar-refractivity contribution < 1.29 is 13.9 Å². The number of benzene rings is 1. The van der Waals surface area contributed by atoms with Crippen molar-refractivity contribution in [1.29, 1.82) is 0 Å². The molecule has 1 nitrogen and oxygen atoms in total. The summed E-state index contributed by atoms with van der Waals surface area (Å²) in [6.45, 7) is 1.56. The van der Waals surface area contributed by atoms with E-state index in [2.05, 4.69) is 0 Å². The second-order valence-corrected chi connectivity index (χ2v) is 3.61. The Morgan fingerprint density at radius 2 is 1.85 bits per heavy atom. The van der Waals surface area contributed by atoms with Gasteiger partial charge >= 0.3 is 0 Å². The van der Waals surface area contributed by atoms with E-state index in [0.29, 0.717) is 18.4 Å². The minimum absolute atomic E-state index is 0.228. The van der Waals surface area contributed by atoms with E-state index in [0.717, 1.165) is 6.07 Å². The summed E-state index contributed by atoms with van der Waals surface area (Å²) < 4.78 is 26.0. The molecule has 0 spiro atoms. The van der Waals surface area contributed by atoms with Crippen LogP contribution >= 0.6 is 0 Å². The number of aryl methyl sites for hydroxylation is 1. The highest BCUT2D eigenvalue weighted by molar-refractivity contribution is 5.33. The van der Waals surface area contributed by atoms with Crippen LogP contribution in [-0.2, 0) is 5.60 Å². The summed E-state index contributed by atoms with van der Waals surface area (Å²) in [5, 5.41) is 9.63. The minimum Gasteiger partial charge on any atom is -0.385 e. The van der Waals surface area contributed by atoms with Crippen molar-refractivity contribution in [3.05, 3.63) is 34.9 Å². The quantitative estimate of drug-likeness (QED) is 0.709. The van der Waals surface area contributed by atoms with Gasteiger partial charge in [0.05, 0.1) is 5.60 Å². The first kappa shape index (κ1) is 8.63. The van der Waals surface area contributed by atoms with Crippen LogP contribution in [0.4, 0.5) is 8.78 Å². The molecule has 1 aliphatic carbocycles. The number of halogens is 2. The zero-order chi connectivity index (χ0) is 9.64. The lowest BCUT2D eigenvalue weighted by Crippen LogP contribution is -2.08. The molecule has 0 heterocycles. The van der Waals surface area contributed by atoms with Crippen LogP contribution in [0, 0.1) is 18.6 Å². The average Bonchev–Trinajstić information content (AvgIpc) is 2.77. The Morgan fingerprint density at radius 3 is 2.38 bits per heavy atom. The molecule has 2 rings (SSSR count). The zero-order valence-corrected chi connectivity index (χ0v) is 7.27. The van der Waals surface area contributed by atoms with Crippen LogP contribution < -0.4 is 0 Å². The molecular formula is C10H10F2O. The second-order valence-electron chi connectivity index (χ2n) is 3.61. The first-order chi connectivity index (χ1) is 6.03. The predicted octanol–water partition coefficient (Wildman–Crippen LogP) is 2.25. The molecule has 0 atom stereocenters. The lowest BCUT2D eigenvalue weighted by Gasteiger charge is -2.10. The highest BCUT2D eigenvalue weighted by Gasteiger charge is 2.44. The molecule has 0 bridgehead atoms. The van der Waals surface area contributed by atoms with Crippen molar-refractivity contribution in [3.8, 4) is 0 Å². The molecule has 1 saturated carbocycles. The first-order valence-electron chi connectivity index (χ1n) is 4.21. The predicted molar refractivity (Wildman–Crippen MR) is 44.2 cm³/mol. The molecule has 1 aromatic carbocycles. The molecule has 1 aromatic rings. The first-order valence-corrected chi connectivity index (χ1v) is 4.21. The summed E-state index contributed by atoms with van der Waals surface area (Å²) in [4.78, 5) is 0. The van der Waals surface area contributed by atoms with E-state index in [-0.39, 0.29) is 5.56 Å². The van der Waals surface area contributed by atoms with Gasteiger partial charge in [0.15, 0.2) is 0 Å². The van der Waals surface area contributed by atoms with Crippen LogP contribution in [0.25, 0.3) is 0 Å². The third-order valence-electron chi connectivity index (χ3n) is 2.47. The van der Waals surface area contributed by atoms with Crippen LogP contribution in [0.2, 0.25) is 0 Å². The van der Waals surface area contributed by atoms with E-state index in [1.165, 1.54) is 6.07 Å². The Hall–Kier alpha value is -0.960. The fourth-order valence-corrected chi connectivity index (χ4v) is 1.40. The SMILES string of the molecule is Cc1cc(C2(O)CC2)c(F)cc1F. The van der Waals surface area contributed by atoms with Crippen molar-refractivity contribution in [1.82, 2.24) is 0 Å². The maximum atomic E-state index is 13.2. The molecule has 0 saturated heterocycles. The number of aliphatic hydroxyl groups is 1. The van der Waals surface area contributed by atoms with Crippen molar-refractivity contribution >= 4 is 0 Å². The van der Waals surface area contributed by atoms with Gasteiger partial charge in [-0.2, -0.15) is 0 Å². The third kappa shape index (κ3) is 1.33. The van der Waals surface area contributed by atoms with Gasteiger partial charge < -0.3 is 5.11 Å². The van der Waals surface area contributed by atoms with Crippen LogP contribution in [0.1, 0.15) is 24.0 Å². The summed E-state index contributed by atoms with van der Waals surface area (Å²) >= 11 is 0. The van der Waals surface area contributed by atoms with E-state index in [1.54, 1.807) is 6.92 Å². The molecule has 1 aliphatic rings. The van der Waals surface area contributed by atoms with Gasteiger partial charge in [-0.25, -0.2) is 8.78 Å². The largest absolute Gasteiger partial charge is 0.385 e. The van der Waals surface area contributed by atoms with Crippen LogP contribution in [0.3, 0.4) is 0 Å². The molecule has 13 heavy (non-hydrogen) atoms. The fraction of sp³-hybridized carbons (Fsp3) is 0.400. The minimum atomic E-state index is -1.03. The number of hydrogen-bond donors (Lipinski definition) is 1. The molecule has 1 N–H and O–H groups in total. The molecule has 70 valence electrons. The fourth-order valence-electron chi connectivity index (χ4n) is 1.40. The maximum Gasteiger partial charge on any atom is 0.132 e. The van der Waals surface area contributed by atoms with Gasteiger partial charge in [0.1, 0.15) is 11.6 Å². The van der Waals surface area contributed by atoms with E-state index in [9.17, 15) is 13.9 Å². The van der Waals surface area contributed by atoms with Gasteiger partial charge in [0, 0.05) is 11.6 Å².